The van der Waals surface area contributed by atoms with E-state index in [1.165, 1.54) is 11.3 Å². The van der Waals surface area contributed by atoms with Crippen LogP contribution in [0.4, 0.5) is 10.9 Å². The van der Waals surface area contributed by atoms with E-state index in [4.69, 9.17) is 5.73 Å². The van der Waals surface area contributed by atoms with Crippen molar-refractivity contribution in [2.75, 3.05) is 17.6 Å². The summed E-state index contributed by atoms with van der Waals surface area (Å²) in [6.07, 6.45) is 3.41. The number of hydrogen-bond donors (Lipinski definition) is 3. The van der Waals surface area contributed by atoms with Crippen molar-refractivity contribution in [3.05, 3.63) is 35.0 Å². The minimum absolute atomic E-state index is 0.216. The first-order valence-corrected chi connectivity index (χ1v) is 7.55. The van der Waals surface area contributed by atoms with Crippen molar-refractivity contribution in [3.63, 3.8) is 0 Å². The molecule has 0 aromatic carbocycles. The average molecular weight is 305 g/mol. The van der Waals surface area contributed by atoms with Crippen molar-refractivity contribution in [2.24, 2.45) is 5.92 Å². The van der Waals surface area contributed by atoms with E-state index < -0.39 is 0 Å². The van der Waals surface area contributed by atoms with Gasteiger partial charge in [0.2, 0.25) is 0 Å². The van der Waals surface area contributed by atoms with Gasteiger partial charge >= 0.3 is 0 Å². The van der Waals surface area contributed by atoms with Crippen LogP contribution in [0, 0.1) is 5.92 Å². The summed E-state index contributed by atoms with van der Waals surface area (Å²) < 4.78 is 0. The van der Waals surface area contributed by atoms with E-state index >= 15 is 0 Å². The molecular weight excluding hydrogens is 286 g/mol. The molecule has 2 aromatic rings. The third-order valence-electron chi connectivity index (χ3n) is 2.70. The zero-order valence-corrected chi connectivity index (χ0v) is 12.9. The van der Waals surface area contributed by atoms with Gasteiger partial charge in [-0.3, -0.25) is 9.78 Å². The molecule has 0 aliphatic carbocycles. The van der Waals surface area contributed by atoms with Crippen molar-refractivity contribution < 1.29 is 4.79 Å². The van der Waals surface area contributed by atoms with E-state index in [1.807, 2.05) is 12.1 Å². The number of carbonyl (C=O) groups excluding carboxylic acids is 1. The highest BCUT2D eigenvalue weighted by Crippen LogP contribution is 2.25. The molecule has 0 bridgehead atoms. The maximum atomic E-state index is 12.1. The van der Waals surface area contributed by atoms with Crippen LogP contribution in [0.15, 0.2) is 24.5 Å². The quantitative estimate of drug-likeness (QED) is 0.760. The third-order valence-corrected chi connectivity index (χ3v) is 3.72. The summed E-state index contributed by atoms with van der Waals surface area (Å²) in [5.41, 5.74) is 6.74. The number of carbonyl (C=O) groups is 1. The first-order chi connectivity index (χ1) is 10.1. The van der Waals surface area contributed by atoms with Crippen molar-refractivity contribution >= 4 is 28.2 Å². The Balaban J connectivity index is 1.96. The summed E-state index contributed by atoms with van der Waals surface area (Å²) >= 11 is 1.27. The fourth-order valence-corrected chi connectivity index (χ4v) is 2.43. The molecular formula is C14H19N5OS. The van der Waals surface area contributed by atoms with E-state index in [2.05, 4.69) is 34.4 Å². The highest BCUT2D eigenvalue weighted by Gasteiger charge is 2.16. The number of anilines is 2. The van der Waals surface area contributed by atoms with Gasteiger partial charge in [-0.15, -0.1) is 0 Å². The maximum Gasteiger partial charge on any atom is 0.265 e. The standard InChI is InChI=1S/C14H19N5OS/c1-9(2)6-18-14-19-12(15)11(21-14)13(20)17-8-10-4-3-5-16-7-10/h3-5,7,9H,6,8,15H2,1-2H3,(H,17,20)(H,18,19). The second-order valence-electron chi connectivity index (χ2n) is 5.05. The van der Waals surface area contributed by atoms with Gasteiger partial charge in [-0.05, 0) is 17.5 Å². The lowest BCUT2D eigenvalue weighted by Crippen LogP contribution is -2.22. The number of nitrogen functional groups attached to an aromatic ring is 1. The summed E-state index contributed by atoms with van der Waals surface area (Å²) in [5, 5.41) is 6.66. The lowest BCUT2D eigenvalue weighted by atomic mass is 10.2. The Kier molecular flexibility index (Phi) is 5.10. The molecule has 112 valence electrons. The van der Waals surface area contributed by atoms with Crippen molar-refractivity contribution in [1.82, 2.24) is 15.3 Å². The summed E-state index contributed by atoms with van der Waals surface area (Å²) in [4.78, 5) is 20.7. The average Bonchev–Trinajstić information content (AvgIpc) is 2.85. The van der Waals surface area contributed by atoms with Gasteiger partial charge in [0.1, 0.15) is 10.7 Å². The van der Waals surface area contributed by atoms with E-state index in [0.717, 1.165) is 12.1 Å². The van der Waals surface area contributed by atoms with Gasteiger partial charge in [-0.25, -0.2) is 4.98 Å². The number of nitrogens with one attached hydrogen (secondary N) is 2. The minimum Gasteiger partial charge on any atom is -0.382 e. The van der Waals surface area contributed by atoms with Gasteiger partial charge in [0, 0.05) is 25.5 Å². The predicted molar refractivity (Wildman–Crippen MR) is 85.3 cm³/mol. The van der Waals surface area contributed by atoms with Crippen LogP contribution in [0.25, 0.3) is 0 Å². The van der Waals surface area contributed by atoms with Gasteiger partial charge in [0.25, 0.3) is 5.91 Å². The zero-order valence-electron chi connectivity index (χ0n) is 12.1. The van der Waals surface area contributed by atoms with Gasteiger partial charge in [-0.2, -0.15) is 0 Å². The fraction of sp³-hybridized carbons (Fsp3) is 0.357. The first-order valence-electron chi connectivity index (χ1n) is 6.73. The van der Waals surface area contributed by atoms with Crippen LogP contribution < -0.4 is 16.4 Å². The van der Waals surface area contributed by atoms with E-state index in [9.17, 15) is 4.79 Å². The number of thiazole rings is 1. The molecule has 2 aromatic heterocycles. The number of nitrogens with two attached hydrogens (primary N) is 1. The largest absolute Gasteiger partial charge is 0.382 e. The van der Waals surface area contributed by atoms with Crippen LogP contribution in [-0.2, 0) is 6.54 Å². The molecule has 0 atom stereocenters. The molecule has 1 amide bonds. The van der Waals surface area contributed by atoms with Crippen molar-refractivity contribution in [3.8, 4) is 0 Å². The van der Waals surface area contributed by atoms with Crippen molar-refractivity contribution in [2.45, 2.75) is 20.4 Å². The van der Waals surface area contributed by atoms with Crippen LogP contribution in [0.2, 0.25) is 0 Å². The molecule has 7 heteroatoms. The topological polar surface area (TPSA) is 92.9 Å². The molecule has 21 heavy (non-hydrogen) atoms. The van der Waals surface area contributed by atoms with Crippen LogP contribution in [0.1, 0.15) is 29.1 Å². The summed E-state index contributed by atoms with van der Waals surface area (Å²) in [5.74, 6) is 0.541. The van der Waals surface area contributed by atoms with Crippen molar-refractivity contribution in [1.29, 1.82) is 0 Å². The van der Waals surface area contributed by atoms with Gasteiger partial charge in [-0.1, -0.05) is 31.3 Å². The number of hydrogen-bond acceptors (Lipinski definition) is 6. The lowest BCUT2D eigenvalue weighted by molar-refractivity contribution is 0.0955. The Bertz CT molecular complexity index is 597. The smallest absolute Gasteiger partial charge is 0.265 e. The molecule has 0 aliphatic rings. The Morgan fingerprint density at radius 1 is 1.48 bits per heavy atom. The Morgan fingerprint density at radius 3 is 2.95 bits per heavy atom. The normalized spacial score (nSPS) is 10.6. The Morgan fingerprint density at radius 2 is 2.29 bits per heavy atom. The number of aromatic nitrogens is 2. The molecule has 2 heterocycles. The van der Waals surface area contributed by atoms with Crippen LogP contribution in [0.5, 0.6) is 0 Å². The fourth-order valence-electron chi connectivity index (χ4n) is 1.63. The minimum atomic E-state index is -0.216. The molecule has 2 rings (SSSR count). The molecule has 0 spiro atoms. The van der Waals surface area contributed by atoms with Gasteiger partial charge < -0.3 is 16.4 Å². The molecule has 0 fully saturated rings. The van der Waals surface area contributed by atoms with Crippen LogP contribution >= 0.6 is 11.3 Å². The van der Waals surface area contributed by atoms with Crippen LogP contribution in [-0.4, -0.2) is 22.4 Å². The Labute approximate surface area is 127 Å². The van der Waals surface area contributed by atoms with Gasteiger partial charge in [0.15, 0.2) is 5.13 Å². The second kappa shape index (κ2) is 7.03. The monoisotopic (exact) mass is 305 g/mol. The number of amides is 1. The first kappa shape index (κ1) is 15.2. The van der Waals surface area contributed by atoms with Crippen LogP contribution in [0.3, 0.4) is 0 Å². The predicted octanol–water partition coefficient (Wildman–Crippen LogP) is 2.12. The number of pyridine rings is 1. The summed E-state index contributed by atoms with van der Waals surface area (Å²) in [6.45, 7) is 5.42. The van der Waals surface area contributed by atoms with E-state index in [1.54, 1.807) is 12.4 Å². The van der Waals surface area contributed by atoms with E-state index in [-0.39, 0.29) is 11.7 Å². The Hall–Kier alpha value is -2.15. The molecule has 0 radical (unpaired) electrons. The highest BCUT2D eigenvalue weighted by atomic mass is 32.1. The zero-order chi connectivity index (χ0) is 15.2. The maximum absolute atomic E-state index is 12.1. The SMILES string of the molecule is CC(C)CNc1nc(N)c(C(=O)NCc2cccnc2)s1. The lowest BCUT2D eigenvalue weighted by Gasteiger charge is -2.04. The summed E-state index contributed by atoms with van der Waals surface area (Å²) in [7, 11) is 0. The summed E-state index contributed by atoms with van der Waals surface area (Å²) in [6, 6.07) is 3.73. The molecule has 0 aliphatic heterocycles. The molecule has 0 saturated carbocycles. The number of rotatable bonds is 6. The van der Waals surface area contributed by atoms with E-state index in [0.29, 0.717) is 22.5 Å². The van der Waals surface area contributed by atoms with Gasteiger partial charge in [0.05, 0.1) is 0 Å². The second-order valence-corrected chi connectivity index (χ2v) is 6.05. The third kappa shape index (κ3) is 4.42. The molecule has 4 N–H and O–H groups in total. The number of nitrogens with zero attached hydrogens (tertiary/aromatic N) is 2. The molecule has 0 saturated heterocycles. The highest BCUT2D eigenvalue weighted by molar-refractivity contribution is 7.18. The molecule has 6 nitrogen and oxygen atoms in total. The molecule has 0 unspecified atom stereocenters.